The van der Waals surface area contributed by atoms with Crippen molar-refractivity contribution in [3.8, 4) is 39.6 Å². The molecule has 154 valence electrons. The van der Waals surface area contributed by atoms with Crippen LogP contribution in [0.15, 0.2) is 36.4 Å². The Morgan fingerprint density at radius 1 is 0.867 bits per heavy atom. The molecule has 0 bridgehead atoms. The van der Waals surface area contributed by atoms with Crippen LogP contribution in [0.1, 0.15) is 0 Å². The van der Waals surface area contributed by atoms with E-state index < -0.39 is 0 Å². The van der Waals surface area contributed by atoms with Crippen LogP contribution in [0.3, 0.4) is 0 Å². The number of nitrogens with zero attached hydrogens (tertiary/aromatic N) is 2. The van der Waals surface area contributed by atoms with Crippen LogP contribution in [0.2, 0.25) is 10.0 Å². The van der Waals surface area contributed by atoms with Gasteiger partial charge in [0.15, 0.2) is 17.1 Å². The Kier molecular flexibility index (Phi) is 5.32. The van der Waals surface area contributed by atoms with Crippen molar-refractivity contribution < 1.29 is 14.2 Å². The topological polar surface area (TPSA) is 95.3 Å². The van der Waals surface area contributed by atoms with E-state index in [0.29, 0.717) is 49.8 Å². The first-order valence-corrected chi connectivity index (χ1v) is 9.62. The monoisotopic (exact) mass is 444 g/mol. The number of aromatic nitrogens is 3. The lowest BCUT2D eigenvalue weighted by molar-refractivity contribution is 0.324. The number of rotatable bonds is 5. The second-order valence-corrected chi connectivity index (χ2v) is 7.25. The number of anilines is 1. The molecule has 0 saturated carbocycles. The summed E-state index contributed by atoms with van der Waals surface area (Å²) in [5, 5.41) is 8.63. The van der Waals surface area contributed by atoms with Crippen LogP contribution in [0.5, 0.6) is 17.2 Å². The van der Waals surface area contributed by atoms with E-state index >= 15 is 0 Å². The van der Waals surface area contributed by atoms with E-state index in [-0.39, 0.29) is 0 Å². The zero-order valence-electron chi connectivity index (χ0n) is 16.4. The third-order valence-electron chi connectivity index (χ3n) is 4.74. The number of methoxy groups -OCH3 is 3. The van der Waals surface area contributed by atoms with Gasteiger partial charge in [0.05, 0.1) is 42.5 Å². The minimum atomic E-state index is 0.405. The molecule has 0 unspecified atom stereocenters. The van der Waals surface area contributed by atoms with Gasteiger partial charge in [-0.05, 0) is 41.5 Å². The van der Waals surface area contributed by atoms with Gasteiger partial charge >= 0.3 is 0 Å². The number of benzene rings is 2. The third-order valence-corrected chi connectivity index (χ3v) is 5.48. The van der Waals surface area contributed by atoms with Crippen LogP contribution in [0.25, 0.3) is 33.4 Å². The molecule has 9 heteroatoms. The Balaban J connectivity index is 2.01. The molecule has 0 saturated heterocycles. The van der Waals surface area contributed by atoms with Crippen molar-refractivity contribution in [1.82, 2.24) is 15.2 Å². The molecule has 0 spiro atoms. The molecule has 0 aliphatic heterocycles. The highest BCUT2D eigenvalue weighted by atomic mass is 35.5. The normalized spacial score (nSPS) is 11.0. The predicted octanol–water partition coefficient (Wildman–Crippen LogP) is 5.21. The summed E-state index contributed by atoms with van der Waals surface area (Å²) in [6.07, 6.45) is 0. The Hall–Kier alpha value is -3.16. The molecule has 0 aliphatic rings. The molecular weight excluding hydrogens is 427 g/mol. The second-order valence-electron chi connectivity index (χ2n) is 6.43. The van der Waals surface area contributed by atoms with Gasteiger partial charge in [0.2, 0.25) is 5.75 Å². The molecule has 2 aromatic heterocycles. The maximum Gasteiger partial charge on any atom is 0.203 e. The molecule has 30 heavy (non-hydrogen) atoms. The zero-order chi connectivity index (χ0) is 21.4. The number of nitrogen functional groups attached to an aromatic ring is 1. The molecule has 2 heterocycles. The average Bonchev–Trinajstić information content (AvgIpc) is 3.14. The number of fused-ring (bicyclic) bond motifs is 1. The maximum atomic E-state index is 6.21. The number of aromatic amines is 1. The summed E-state index contributed by atoms with van der Waals surface area (Å²) in [4.78, 5) is 4.63. The molecule has 3 N–H and O–H groups in total. The average molecular weight is 445 g/mol. The number of nitrogens with two attached hydrogens (primary N) is 1. The summed E-state index contributed by atoms with van der Waals surface area (Å²) in [5.41, 5.74) is 9.68. The molecular formula is C21H18Cl2N4O3. The molecule has 0 fully saturated rings. The van der Waals surface area contributed by atoms with Gasteiger partial charge in [-0.1, -0.05) is 29.3 Å². The predicted molar refractivity (Wildman–Crippen MR) is 119 cm³/mol. The summed E-state index contributed by atoms with van der Waals surface area (Å²) < 4.78 is 16.4. The standard InChI is InChI=1S/C21H18Cl2N4O3/c1-28-16-7-11(8-17(29-2)19(16)30-3)12-9-15(10-4-5-13(22)14(23)6-10)25-21-18(12)20(24)26-27-21/h4-9H,1-3H3,(H3,24,25,26,27). The van der Waals surface area contributed by atoms with Crippen molar-refractivity contribution in [2.45, 2.75) is 0 Å². The number of ether oxygens (including phenoxy) is 3. The van der Waals surface area contributed by atoms with E-state index in [1.165, 1.54) is 0 Å². The van der Waals surface area contributed by atoms with E-state index in [2.05, 4.69) is 15.2 Å². The molecule has 0 radical (unpaired) electrons. The highest BCUT2D eigenvalue weighted by Gasteiger charge is 2.19. The van der Waals surface area contributed by atoms with E-state index in [9.17, 15) is 0 Å². The summed E-state index contributed by atoms with van der Waals surface area (Å²) >= 11 is 12.3. The number of nitrogens with one attached hydrogen (secondary N) is 1. The first-order chi connectivity index (χ1) is 14.5. The summed E-state index contributed by atoms with van der Waals surface area (Å²) in [5.74, 6) is 1.95. The maximum absolute atomic E-state index is 6.21. The Bertz CT molecular complexity index is 1230. The number of hydrogen-bond donors (Lipinski definition) is 2. The minimum Gasteiger partial charge on any atom is -0.493 e. The lowest BCUT2D eigenvalue weighted by Crippen LogP contribution is -1.97. The highest BCUT2D eigenvalue weighted by molar-refractivity contribution is 6.42. The Morgan fingerprint density at radius 2 is 1.57 bits per heavy atom. The number of pyridine rings is 1. The Morgan fingerprint density at radius 3 is 2.17 bits per heavy atom. The van der Waals surface area contributed by atoms with E-state index in [0.717, 1.165) is 16.7 Å². The fourth-order valence-corrected chi connectivity index (χ4v) is 3.61. The highest BCUT2D eigenvalue weighted by Crippen LogP contribution is 2.44. The summed E-state index contributed by atoms with van der Waals surface area (Å²) in [6.45, 7) is 0. The van der Waals surface area contributed by atoms with Gasteiger partial charge in [0.25, 0.3) is 0 Å². The fourth-order valence-electron chi connectivity index (χ4n) is 3.31. The molecule has 0 atom stereocenters. The number of halogens is 2. The van der Waals surface area contributed by atoms with E-state index in [1.54, 1.807) is 33.5 Å². The van der Waals surface area contributed by atoms with Gasteiger partial charge in [-0.3, -0.25) is 5.10 Å². The van der Waals surface area contributed by atoms with Crippen molar-refractivity contribution >= 4 is 40.1 Å². The minimum absolute atomic E-state index is 0.405. The van der Waals surface area contributed by atoms with Crippen LogP contribution in [-0.4, -0.2) is 36.5 Å². The zero-order valence-corrected chi connectivity index (χ0v) is 17.9. The van der Waals surface area contributed by atoms with Gasteiger partial charge < -0.3 is 19.9 Å². The van der Waals surface area contributed by atoms with Gasteiger partial charge in [0, 0.05) is 5.56 Å². The molecule has 4 rings (SSSR count). The molecule has 7 nitrogen and oxygen atoms in total. The fraction of sp³-hybridized carbons (Fsp3) is 0.143. The van der Waals surface area contributed by atoms with Crippen molar-refractivity contribution in [3.05, 3.63) is 46.4 Å². The number of H-pyrrole nitrogens is 1. The van der Waals surface area contributed by atoms with Gasteiger partial charge in [0.1, 0.15) is 5.82 Å². The molecule has 0 amide bonds. The largest absolute Gasteiger partial charge is 0.493 e. The summed E-state index contributed by atoms with van der Waals surface area (Å²) in [7, 11) is 4.69. The van der Waals surface area contributed by atoms with E-state index in [1.807, 2.05) is 24.3 Å². The first-order valence-electron chi connectivity index (χ1n) is 8.87. The smallest absolute Gasteiger partial charge is 0.203 e. The second kappa shape index (κ2) is 7.93. The van der Waals surface area contributed by atoms with Crippen molar-refractivity contribution in [2.24, 2.45) is 0 Å². The Labute approximate surface area is 182 Å². The third kappa shape index (κ3) is 3.36. The van der Waals surface area contributed by atoms with Gasteiger partial charge in [-0.2, -0.15) is 5.10 Å². The SMILES string of the molecule is COc1cc(-c2cc(-c3ccc(Cl)c(Cl)c3)nc3n[nH]c(N)c23)cc(OC)c1OC. The van der Waals surface area contributed by atoms with Crippen molar-refractivity contribution in [3.63, 3.8) is 0 Å². The van der Waals surface area contributed by atoms with Gasteiger partial charge in [-0.15, -0.1) is 0 Å². The van der Waals surface area contributed by atoms with Gasteiger partial charge in [-0.25, -0.2) is 4.98 Å². The molecule has 2 aromatic carbocycles. The lowest BCUT2D eigenvalue weighted by Gasteiger charge is -2.15. The van der Waals surface area contributed by atoms with Crippen LogP contribution in [0, 0.1) is 0 Å². The van der Waals surface area contributed by atoms with Crippen LogP contribution in [-0.2, 0) is 0 Å². The molecule has 0 aliphatic carbocycles. The molecule has 4 aromatic rings. The van der Waals surface area contributed by atoms with Crippen LogP contribution in [0.4, 0.5) is 5.82 Å². The van der Waals surface area contributed by atoms with E-state index in [4.69, 9.17) is 43.1 Å². The first kappa shape index (κ1) is 20.1. The summed E-state index contributed by atoms with van der Waals surface area (Å²) in [6, 6.07) is 10.9. The lowest BCUT2D eigenvalue weighted by atomic mass is 9.99. The quantitative estimate of drug-likeness (QED) is 0.438. The van der Waals surface area contributed by atoms with Crippen LogP contribution < -0.4 is 19.9 Å². The van der Waals surface area contributed by atoms with Crippen LogP contribution >= 0.6 is 23.2 Å². The van der Waals surface area contributed by atoms with Crippen molar-refractivity contribution in [1.29, 1.82) is 0 Å². The number of hydrogen-bond acceptors (Lipinski definition) is 6. The van der Waals surface area contributed by atoms with Crippen molar-refractivity contribution in [2.75, 3.05) is 27.1 Å².